The average Bonchev–Trinajstić information content (AvgIpc) is 2.82. The van der Waals surface area contributed by atoms with Crippen LogP contribution < -0.4 is 0 Å². The summed E-state index contributed by atoms with van der Waals surface area (Å²) in [4.78, 5) is 2.23. The van der Waals surface area contributed by atoms with Gasteiger partial charge in [-0.05, 0) is 36.2 Å². The van der Waals surface area contributed by atoms with Gasteiger partial charge in [-0.2, -0.15) is 0 Å². The molecule has 1 aromatic heterocycles. The Hall–Kier alpha value is -0.540. The fraction of sp³-hybridized carbons (Fsp3) is 0.286. The van der Waals surface area contributed by atoms with E-state index in [0.29, 0.717) is 16.5 Å². The van der Waals surface area contributed by atoms with Gasteiger partial charge < -0.3 is 5.11 Å². The normalized spacial score (nSPS) is 12.7. The smallest absolute Gasteiger partial charge is 0.0923 e. The first-order valence-corrected chi connectivity index (χ1v) is 7.38. The summed E-state index contributed by atoms with van der Waals surface area (Å²) in [5.74, 6) is 0. The van der Waals surface area contributed by atoms with E-state index < -0.39 is 6.10 Å². The van der Waals surface area contributed by atoms with Crippen molar-refractivity contribution in [3.05, 3.63) is 55.7 Å². The van der Waals surface area contributed by atoms with Gasteiger partial charge in [0, 0.05) is 26.2 Å². The summed E-state index contributed by atoms with van der Waals surface area (Å²) in [6.07, 6.45) is 0.888. The highest BCUT2D eigenvalue weighted by molar-refractivity contribution is 7.12. The molecule has 0 aliphatic heterocycles. The first-order chi connectivity index (χ1) is 8.61. The lowest BCUT2D eigenvalue weighted by Crippen LogP contribution is -2.00. The molecular weight excluding hydrogens is 287 g/mol. The third-order valence-electron chi connectivity index (χ3n) is 2.82. The molecule has 0 saturated heterocycles. The molecular formula is C14H14Cl2OS. The summed E-state index contributed by atoms with van der Waals surface area (Å²) in [7, 11) is 0. The number of hydrogen-bond donors (Lipinski definition) is 1. The highest BCUT2D eigenvalue weighted by Gasteiger charge is 2.15. The number of rotatable bonds is 4. The maximum Gasteiger partial charge on any atom is 0.0923 e. The van der Waals surface area contributed by atoms with Crippen molar-refractivity contribution in [1.82, 2.24) is 0 Å². The molecule has 0 aliphatic rings. The molecule has 0 radical (unpaired) electrons. The SMILES string of the molecule is CCc1ccc(C(O)Cc2c(Cl)cccc2Cl)s1. The Kier molecular flexibility index (Phi) is 4.68. The molecule has 0 aliphatic carbocycles. The number of thiophene rings is 1. The van der Waals surface area contributed by atoms with Gasteiger partial charge in [-0.15, -0.1) is 11.3 Å². The lowest BCUT2D eigenvalue weighted by atomic mass is 10.1. The van der Waals surface area contributed by atoms with Gasteiger partial charge in [-0.25, -0.2) is 0 Å². The van der Waals surface area contributed by atoms with Crippen molar-refractivity contribution in [1.29, 1.82) is 0 Å². The van der Waals surface area contributed by atoms with E-state index in [2.05, 4.69) is 13.0 Å². The molecule has 0 saturated carbocycles. The fourth-order valence-electron chi connectivity index (χ4n) is 1.78. The fourth-order valence-corrected chi connectivity index (χ4v) is 3.28. The van der Waals surface area contributed by atoms with Crippen LogP contribution in [0.3, 0.4) is 0 Å². The summed E-state index contributed by atoms with van der Waals surface area (Å²) >= 11 is 13.8. The molecule has 0 amide bonds. The maximum absolute atomic E-state index is 10.2. The second kappa shape index (κ2) is 6.07. The topological polar surface area (TPSA) is 20.2 Å². The summed E-state index contributed by atoms with van der Waals surface area (Å²) < 4.78 is 0. The van der Waals surface area contributed by atoms with E-state index >= 15 is 0 Å². The number of hydrogen-bond acceptors (Lipinski definition) is 2. The molecule has 0 spiro atoms. The zero-order valence-electron chi connectivity index (χ0n) is 9.99. The molecule has 4 heteroatoms. The standard InChI is InChI=1S/C14H14Cl2OS/c1-2-9-6-7-14(18-9)13(17)8-10-11(15)4-3-5-12(10)16/h3-7,13,17H,2,8H2,1H3. The molecule has 18 heavy (non-hydrogen) atoms. The predicted octanol–water partition coefficient (Wildman–Crippen LogP) is 4.89. The average molecular weight is 301 g/mol. The van der Waals surface area contributed by atoms with Crippen molar-refractivity contribution >= 4 is 34.5 Å². The van der Waals surface area contributed by atoms with Gasteiger partial charge in [-0.1, -0.05) is 36.2 Å². The lowest BCUT2D eigenvalue weighted by Gasteiger charge is -2.11. The minimum Gasteiger partial charge on any atom is -0.387 e. The zero-order chi connectivity index (χ0) is 13.1. The molecule has 1 nitrogen and oxygen atoms in total. The van der Waals surface area contributed by atoms with Crippen molar-refractivity contribution < 1.29 is 5.11 Å². The highest BCUT2D eigenvalue weighted by Crippen LogP contribution is 2.31. The van der Waals surface area contributed by atoms with Crippen LogP contribution in [0.1, 0.15) is 28.3 Å². The van der Waals surface area contributed by atoms with E-state index in [1.807, 2.05) is 6.07 Å². The predicted molar refractivity (Wildman–Crippen MR) is 78.8 cm³/mol. The molecule has 1 atom stereocenters. The summed E-state index contributed by atoms with van der Waals surface area (Å²) in [6, 6.07) is 9.42. The third kappa shape index (κ3) is 3.07. The second-order valence-corrected chi connectivity index (χ2v) is 6.09. The van der Waals surface area contributed by atoms with Crippen LogP contribution in [0.4, 0.5) is 0 Å². The largest absolute Gasteiger partial charge is 0.387 e. The molecule has 0 bridgehead atoms. The van der Waals surface area contributed by atoms with Crippen molar-refractivity contribution in [2.24, 2.45) is 0 Å². The van der Waals surface area contributed by atoms with Crippen LogP contribution in [0, 0.1) is 0 Å². The first kappa shape index (κ1) is 13.9. The van der Waals surface area contributed by atoms with Crippen LogP contribution in [0.5, 0.6) is 0 Å². The number of aliphatic hydroxyl groups is 1. The van der Waals surface area contributed by atoms with Crippen molar-refractivity contribution in [2.75, 3.05) is 0 Å². The van der Waals surface area contributed by atoms with Crippen LogP contribution in [0.2, 0.25) is 10.0 Å². The van der Waals surface area contributed by atoms with Crippen LogP contribution in [-0.2, 0) is 12.8 Å². The van der Waals surface area contributed by atoms with E-state index in [4.69, 9.17) is 23.2 Å². The van der Waals surface area contributed by atoms with Gasteiger partial charge in [0.25, 0.3) is 0 Å². The van der Waals surface area contributed by atoms with E-state index in [0.717, 1.165) is 16.9 Å². The maximum atomic E-state index is 10.2. The minimum absolute atomic E-state index is 0.447. The van der Waals surface area contributed by atoms with Gasteiger partial charge in [0.15, 0.2) is 0 Å². The quantitative estimate of drug-likeness (QED) is 0.852. The zero-order valence-corrected chi connectivity index (χ0v) is 12.3. The van der Waals surface area contributed by atoms with Crippen molar-refractivity contribution in [2.45, 2.75) is 25.9 Å². The van der Waals surface area contributed by atoms with Gasteiger partial charge in [-0.3, -0.25) is 0 Å². The Balaban J connectivity index is 2.18. The number of benzene rings is 1. The van der Waals surface area contributed by atoms with Crippen LogP contribution >= 0.6 is 34.5 Å². The van der Waals surface area contributed by atoms with Crippen LogP contribution in [-0.4, -0.2) is 5.11 Å². The Bertz CT molecular complexity index is 516. The second-order valence-electron chi connectivity index (χ2n) is 4.08. The number of aryl methyl sites for hydroxylation is 1. The minimum atomic E-state index is -0.548. The molecule has 2 rings (SSSR count). The molecule has 0 fully saturated rings. The van der Waals surface area contributed by atoms with Gasteiger partial charge in [0.05, 0.1) is 6.10 Å². The summed E-state index contributed by atoms with van der Waals surface area (Å²) in [6.45, 7) is 2.10. The Labute approximate surface area is 121 Å². The van der Waals surface area contributed by atoms with Crippen LogP contribution in [0.15, 0.2) is 30.3 Å². The molecule has 1 unspecified atom stereocenters. The Morgan fingerprint density at radius 2 is 1.83 bits per heavy atom. The molecule has 1 heterocycles. The molecule has 1 aromatic carbocycles. The van der Waals surface area contributed by atoms with Crippen LogP contribution in [0.25, 0.3) is 0 Å². The Morgan fingerprint density at radius 3 is 2.39 bits per heavy atom. The molecule has 1 N–H and O–H groups in total. The number of halogens is 2. The van der Waals surface area contributed by atoms with Gasteiger partial charge in [0.1, 0.15) is 0 Å². The van der Waals surface area contributed by atoms with Gasteiger partial charge in [0.2, 0.25) is 0 Å². The van der Waals surface area contributed by atoms with Crippen molar-refractivity contribution in [3.8, 4) is 0 Å². The summed E-state index contributed by atoms with van der Waals surface area (Å²) in [5.41, 5.74) is 0.805. The first-order valence-electron chi connectivity index (χ1n) is 5.81. The lowest BCUT2D eigenvalue weighted by molar-refractivity contribution is 0.182. The van der Waals surface area contributed by atoms with Gasteiger partial charge >= 0.3 is 0 Å². The van der Waals surface area contributed by atoms with Crippen molar-refractivity contribution in [3.63, 3.8) is 0 Å². The third-order valence-corrected chi connectivity index (χ3v) is 4.86. The van der Waals surface area contributed by atoms with E-state index in [-0.39, 0.29) is 0 Å². The van der Waals surface area contributed by atoms with E-state index in [9.17, 15) is 5.11 Å². The Morgan fingerprint density at radius 1 is 1.17 bits per heavy atom. The van der Waals surface area contributed by atoms with E-state index in [1.165, 1.54) is 4.88 Å². The monoisotopic (exact) mass is 300 g/mol. The molecule has 2 aromatic rings. The molecule has 96 valence electrons. The van der Waals surface area contributed by atoms with E-state index in [1.54, 1.807) is 29.5 Å². The highest BCUT2D eigenvalue weighted by atomic mass is 35.5. The number of aliphatic hydroxyl groups excluding tert-OH is 1. The summed E-state index contributed by atoms with van der Waals surface area (Å²) in [5, 5.41) is 11.4.